The van der Waals surface area contributed by atoms with Gasteiger partial charge in [-0.15, -0.1) is 0 Å². The van der Waals surface area contributed by atoms with Gasteiger partial charge in [0, 0.05) is 5.69 Å². The van der Waals surface area contributed by atoms with E-state index >= 15 is 0 Å². The van der Waals surface area contributed by atoms with Gasteiger partial charge in [-0.05, 0) is 49.4 Å². The smallest absolute Gasteiger partial charge is 0.228 e. The normalized spacial score (nSPS) is 13.8. The van der Waals surface area contributed by atoms with Gasteiger partial charge in [0.15, 0.2) is 0 Å². The number of carbonyl (C=O) groups is 1. The molecule has 1 amide bonds. The number of hydrogen-bond donors (Lipinski definition) is 2. The average Bonchev–Trinajstić information content (AvgIpc) is 2.60. The summed E-state index contributed by atoms with van der Waals surface area (Å²) in [4.78, 5) is 11.3. The Morgan fingerprint density at radius 1 is 1.38 bits per heavy atom. The fraction of sp³-hybridized carbons (Fsp3) is 0.462. The summed E-state index contributed by atoms with van der Waals surface area (Å²) in [6.45, 7) is 2.81. The van der Waals surface area contributed by atoms with E-state index in [1.807, 2.05) is 0 Å². The molecule has 0 spiro atoms. The van der Waals surface area contributed by atoms with Crippen LogP contribution in [0.1, 0.15) is 29.5 Å². The predicted octanol–water partition coefficient (Wildman–Crippen LogP) is 1.77. The molecule has 0 radical (unpaired) electrons. The van der Waals surface area contributed by atoms with E-state index in [2.05, 4.69) is 24.4 Å². The van der Waals surface area contributed by atoms with Crippen LogP contribution in [0.2, 0.25) is 0 Å². The number of anilines is 1. The van der Waals surface area contributed by atoms with E-state index < -0.39 is 0 Å². The summed E-state index contributed by atoms with van der Waals surface area (Å²) in [5.41, 5.74) is 10.1. The molecule has 0 fully saturated rings. The van der Waals surface area contributed by atoms with Crippen LogP contribution in [0.15, 0.2) is 12.1 Å². The third-order valence-corrected chi connectivity index (χ3v) is 3.01. The van der Waals surface area contributed by atoms with Gasteiger partial charge < -0.3 is 11.1 Å². The van der Waals surface area contributed by atoms with Crippen molar-refractivity contribution in [3.05, 3.63) is 28.8 Å². The van der Waals surface area contributed by atoms with Gasteiger partial charge in [-0.2, -0.15) is 0 Å². The quantitative estimate of drug-likeness (QED) is 0.757. The predicted molar refractivity (Wildman–Crippen MR) is 65.5 cm³/mol. The number of unbranched alkanes of at least 4 members (excludes halogenated alkanes) is 1. The molecule has 86 valence electrons. The molecular formula is C13H18N2O. The van der Waals surface area contributed by atoms with Crippen molar-refractivity contribution in [1.29, 1.82) is 0 Å². The van der Waals surface area contributed by atoms with Gasteiger partial charge in [0.05, 0.1) is 6.42 Å². The molecule has 0 aliphatic carbocycles. The topological polar surface area (TPSA) is 55.1 Å². The molecule has 2 rings (SSSR count). The van der Waals surface area contributed by atoms with Gasteiger partial charge in [0.25, 0.3) is 0 Å². The molecule has 0 unspecified atom stereocenters. The molecule has 3 nitrogen and oxygen atoms in total. The highest BCUT2D eigenvalue weighted by molar-refractivity contribution is 6.00. The number of fused-ring (bicyclic) bond motifs is 1. The molecule has 0 saturated carbocycles. The van der Waals surface area contributed by atoms with Gasteiger partial charge >= 0.3 is 0 Å². The SMILES string of the molecule is Cc1cc(CCCCN)cc2c1NC(=O)C2. The molecule has 1 aromatic carbocycles. The Bertz CT molecular complexity index is 413. The molecule has 0 aromatic heterocycles. The zero-order chi connectivity index (χ0) is 11.5. The van der Waals surface area contributed by atoms with Gasteiger partial charge in [0.1, 0.15) is 0 Å². The Balaban J connectivity index is 2.15. The second-order valence-corrected chi connectivity index (χ2v) is 4.42. The maximum absolute atomic E-state index is 11.3. The van der Waals surface area contributed by atoms with E-state index in [9.17, 15) is 4.79 Å². The minimum absolute atomic E-state index is 0.109. The molecule has 3 N–H and O–H groups in total. The zero-order valence-electron chi connectivity index (χ0n) is 9.68. The summed E-state index contributed by atoms with van der Waals surface area (Å²) >= 11 is 0. The average molecular weight is 218 g/mol. The summed E-state index contributed by atoms with van der Waals surface area (Å²) in [6.07, 6.45) is 3.77. The Kier molecular flexibility index (Phi) is 3.25. The third kappa shape index (κ3) is 2.25. The Labute approximate surface area is 96.0 Å². The van der Waals surface area contributed by atoms with E-state index in [1.165, 1.54) is 11.1 Å². The van der Waals surface area contributed by atoms with E-state index in [1.54, 1.807) is 0 Å². The second kappa shape index (κ2) is 4.66. The zero-order valence-corrected chi connectivity index (χ0v) is 9.68. The standard InChI is InChI=1S/C13H18N2O/c1-9-6-10(4-2-3-5-14)7-11-8-12(16)15-13(9)11/h6-7H,2-5,8,14H2,1H3,(H,15,16). The Morgan fingerprint density at radius 2 is 2.19 bits per heavy atom. The minimum Gasteiger partial charge on any atom is -0.330 e. The molecule has 1 aliphatic heterocycles. The molecular weight excluding hydrogens is 200 g/mol. The lowest BCUT2D eigenvalue weighted by Crippen LogP contribution is -2.04. The monoisotopic (exact) mass is 218 g/mol. The van der Waals surface area contributed by atoms with E-state index in [0.717, 1.165) is 37.1 Å². The molecule has 1 aliphatic rings. The highest BCUT2D eigenvalue weighted by Gasteiger charge is 2.19. The van der Waals surface area contributed by atoms with E-state index in [4.69, 9.17) is 5.73 Å². The number of hydrogen-bond acceptors (Lipinski definition) is 2. The van der Waals surface area contributed by atoms with Crippen LogP contribution in [0.4, 0.5) is 5.69 Å². The fourth-order valence-corrected chi connectivity index (χ4v) is 2.23. The second-order valence-electron chi connectivity index (χ2n) is 4.42. The maximum Gasteiger partial charge on any atom is 0.228 e. The van der Waals surface area contributed by atoms with Crippen LogP contribution >= 0.6 is 0 Å². The molecule has 0 atom stereocenters. The van der Waals surface area contributed by atoms with Crippen molar-refractivity contribution in [2.24, 2.45) is 5.73 Å². The van der Waals surface area contributed by atoms with Crippen molar-refractivity contribution in [2.75, 3.05) is 11.9 Å². The van der Waals surface area contributed by atoms with Crippen molar-refractivity contribution >= 4 is 11.6 Å². The van der Waals surface area contributed by atoms with Crippen LogP contribution in [0, 0.1) is 6.92 Å². The molecule has 0 bridgehead atoms. The lowest BCUT2D eigenvalue weighted by atomic mass is 10.00. The summed E-state index contributed by atoms with van der Waals surface area (Å²) in [5.74, 6) is 0.109. The first-order valence-electron chi connectivity index (χ1n) is 5.83. The van der Waals surface area contributed by atoms with Gasteiger partial charge in [-0.25, -0.2) is 0 Å². The maximum atomic E-state index is 11.3. The van der Waals surface area contributed by atoms with Crippen molar-refractivity contribution < 1.29 is 4.79 Å². The van der Waals surface area contributed by atoms with E-state index in [0.29, 0.717) is 6.42 Å². The fourth-order valence-electron chi connectivity index (χ4n) is 2.23. The van der Waals surface area contributed by atoms with Crippen LogP contribution in [0.5, 0.6) is 0 Å². The summed E-state index contributed by atoms with van der Waals surface area (Å²) in [7, 11) is 0. The molecule has 1 heterocycles. The Morgan fingerprint density at radius 3 is 2.94 bits per heavy atom. The first-order chi connectivity index (χ1) is 7.70. The van der Waals surface area contributed by atoms with E-state index in [-0.39, 0.29) is 5.91 Å². The number of nitrogens with one attached hydrogen (secondary N) is 1. The summed E-state index contributed by atoms with van der Waals surface area (Å²) in [6, 6.07) is 4.32. The molecule has 3 heteroatoms. The highest BCUT2D eigenvalue weighted by Crippen LogP contribution is 2.28. The molecule has 16 heavy (non-hydrogen) atoms. The number of benzene rings is 1. The number of nitrogens with two attached hydrogens (primary N) is 1. The largest absolute Gasteiger partial charge is 0.330 e. The first-order valence-corrected chi connectivity index (χ1v) is 5.83. The minimum atomic E-state index is 0.109. The van der Waals surface area contributed by atoms with Crippen molar-refractivity contribution in [1.82, 2.24) is 0 Å². The Hall–Kier alpha value is -1.35. The van der Waals surface area contributed by atoms with Crippen LogP contribution in [-0.2, 0) is 17.6 Å². The number of rotatable bonds is 4. The van der Waals surface area contributed by atoms with Crippen LogP contribution in [-0.4, -0.2) is 12.5 Å². The number of aryl methyl sites for hydroxylation is 2. The lowest BCUT2D eigenvalue weighted by molar-refractivity contribution is -0.115. The number of carbonyl (C=O) groups excluding carboxylic acids is 1. The third-order valence-electron chi connectivity index (χ3n) is 3.01. The lowest BCUT2D eigenvalue weighted by Gasteiger charge is -2.07. The van der Waals surface area contributed by atoms with Gasteiger partial charge in [0.2, 0.25) is 5.91 Å². The highest BCUT2D eigenvalue weighted by atomic mass is 16.1. The van der Waals surface area contributed by atoms with Gasteiger partial charge in [-0.1, -0.05) is 12.1 Å². The number of amides is 1. The molecule has 0 saturated heterocycles. The molecule has 1 aromatic rings. The van der Waals surface area contributed by atoms with Crippen LogP contribution in [0.25, 0.3) is 0 Å². The first kappa shape index (κ1) is 11.1. The van der Waals surface area contributed by atoms with Crippen LogP contribution in [0.3, 0.4) is 0 Å². The summed E-state index contributed by atoms with van der Waals surface area (Å²) in [5, 5.41) is 2.90. The van der Waals surface area contributed by atoms with Crippen LogP contribution < -0.4 is 11.1 Å². The van der Waals surface area contributed by atoms with Crippen molar-refractivity contribution in [2.45, 2.75) is 32.6 Å². The van der Waals surface area contributed by atoms with Crippen molar-refractivity contribution in [3.8, 4) is 0 Å². The van der Waals surface area contributed by atoms with Crippen molar-refractivity contribution in [3.63, 3.8) is 0 Å². The van der Waals surface area contributed by atoms with Gasteiger partial charge in [-0.3, -0.25) is 4.79 Å². The summed E-state index contributed by atoms with van der Waals surface area (Å²) < 4.78 is 0.